The zero-order valence-corrected chi connectivity index (χ0v) is 11.5. The van der Waals surface area contributed by atoms with Crippen molar-refractivity contribution in [3.05, 3.63) is 0 Å². The molecule has 1 heterocycles. The molecule has 2 fully saturated rings. The fourth-order valence-electron chi connectivity index (χ4n) is 2.77. The Morgan fingerprint density at radius 1 is 1.29 bits per heavy atom. The van der Waals surface area contributed by atoms with E-state index in [9.17, 15) is 4.79 Å². The molecule has 1 amide bonds. The van der Waals surface area contributed by atoms with Crippen LogP contribution in [0.4, 0.5) is 0 Å². The molecular formula is C14H26N2O. The lowest BCUT2D eigenvalue weighted by Gasteiger charge is -2.40. The second-order valence-electron chi connectivity index (χ2n) is 6.24. The predicted octanol–water partition coefficient (Wildman–Crippen LogP) is 1.98. The summed E-state index contributed by atoms with van der Waals surface area (Å²) in [5.74, 6) is 1.82. The van der Waals surface area contributed by atoms with Gasteiger partial charge in [-0.2, -0.15) is 0 Å². The quantitative estimate of drug-likeness (QED) is 0.747. The Morgan fingerprint density at radius 3 is 2.53 bits per heavy atom. The van der Waals surface area contributed by atoms with Crippen LogP contribution < -0.4 is 0 Å². The highest BCUT2D eigenvalue weighted by Gasteiger charge is 2.31. The molecule has 1 atom stereocenters. The average molecular weight is 238 g/mol. The average Bonchev–Trinajstić information content (AvgIpc) is 3.00. The molecule has 0 unspecified atom stereocenters. The summed E-state index contributed by atoms with van der Waals surface area (Å²) in [6, 6.07) is 0.397. The van der Waals surface area contributed by atoms with E-state index >= 15 is 0 Å². The molecule has 2 aliphatic rings. The Hall–Kier alpha value is -0.570. The molecule has 0 bridgehead atoms. The van der Waals surface area contributed by atoms with Crippen molar-refractivity contribution in [3.8, 4) is 0 Å². The number of carbonyl (C=O) groups excluding carboxylic acids is 1. The summed E-state index contributed by atoms with van der Waals surface area (Å²) >= 11 is 0. The van der Waals surface area contributed by atoms with Gasteiger partial charge in [0.1, 0.15) is 0 Å². The van der Waals surface area contributed by atoms with Crippen LogP contribution in [0.3, 0.4) is 0 Å². The molecule has 1 saturated heterocycles. The predicted molar refractivity (Wildman–Crippen MR) is 69.8 cm³/mol. The van der Waals surface area contributed by atoms with E-state index in [2.05, 4.69) is 30.6 Å². The third-order valence-corrected chi connectivity index (χ3v) is 3.82. The van der Waals surface area contributed by atoms with Crippen LogP contribution in [0.5, 0.6) is 0 Å². The SMILES string of the molecule is CC(C)CN1CCN(C(=O)CC2CC2)[C@H](C)C1. The van der Waals surface area contributed by atoms with Gasteiger partial charge in [-0.25, -0.2) is 0 Å². The first-order chi connectivity index (χ1) is 8.06. The van der Waals surface area contributed by atoms with E-state index in [4.69, 9.17) is 0 Å². The van der Waals surface area contributed by atoms with E-state index in [1.54, 1.807) is 0 Å². The number of amides is 1. The molecule has 0 aromatic rings. The molecule has 0 aromatic heterocycles. The molecule has 1 aliphatic carbocycles. The van der Waals surface area contributed by atoms with Crippen LogP contribution in [0, 0.1) is 11.8 Å². The summed E-state index contributed by atoms with van der Waals surface area (Å²) in [6.45, 7) is 10.9. The summed E-state index contributed by atoms with van der Waals surface area (Å²) in [4.78, 5) is 16.7. The molecule has 0 radical (unpaired) electrons. The Balaban J connectivity index is 1.80. The van der Waals surface area contributed by atoms with Gasteiger partial charge in [0.15, 0.2) is 0 Å². The lowest BCUT2D eigenvalue weighted by molar-refractivity contribution is -0.136. The number of carbonyl (C=O) groups is 1. The molecule has 98 valence electrons. The minimum absolute atomic E-state index is 0.393. The van der Waals surface area contributed by atoms with Gasteiger partial charge < -0.3 is 4.90 Å². The Morgan fingerprint density at radius 2 is 2.00 bits per heavy atom. The smallest absolute Gasteiger partial charge is 0.223 e. The van der Waals surface area contributed by atoms with Gasteiger partial charge in [-0.05, 0) is 31.6 Å². The molecule has 1 saturated carbocycles. The number of hydrogen-bond donors (Lipinski definition) is 0. The van der Waals surface area contributed by atoms with Gasteiger partial charge >= 0.3 is 0 Å². The van der Waals surface area contributed by atoms with Crippen LogP contribution in [0.1, 0.15) is 40.0 Å². The first-order valence-corrected chi connectivity index (χ1v) is 7.08. The van der Waals surface area contributed by atoms with E-state index in [0.29, 0.717) is 17.9 Å². The monoisotopic (exact) mass is 238 g/mol. The minimum atomic E-state index is 0.393. The molecule has 17 heavy (non-hydrogen) atoms. The number of hydrogen-bond acceptors (Lipinski definition) is 2. The molecule has 1 aliphatic heterocycles. The van der Waals surface area contributed by atoms with Crippen molar-refractivity contribution in [2.24, 2.45) is 11.8 Å². The first-order valence-electron chi connectivity index (χ1n) is 7.08. The highest BCUT2D eigenvalue weighted by atomic mass is 16.2. The Labute approximate surface area is 105 Å². The number of piperazine rings is 1. The minimum Gasteiger partial charge on any atom is -0.337 e. The zero-order valence-electron chi connectivity index (χ0n) is 11.5. The second kappa shape index (κ2) is 5.38. The maximum atomic E-state index is 12.1. The van der Waals surface area contributed by atoms with Crippen molar-refractivity contribution in [2.75, 3.05) is 26.2 Å². The van der Waals surface area contributed by atoms with Crippen molar-refractivity contribution in [2.45, 2.75) is 46.1 Å². The number of rotatable bonds is 4. The summed E-state index contributed by atoms with van der Waals surface area (Å²) in [5, 5.41) is 0. The summed E-state index contributed by atoms with van der Waals surface area (Å²) in [7, 11) is 0. The topological polar surface area (TPSA) is 23.6 Å². The van der Waals surface area contributed by atoms with Crippen LogP contribution in [0.2, 0.25) is 0 Å². The Kier molecular flexibility index (Phi) is 4.08. The van der Waals surface area contributed by atoms with Crippen LogP contribution in [0.25, 0.3) is 0 Å². The molecule has 0 spiro atoms. The van der Waals surface area contributed by atoms with E-state index in [-0.39, 0.29) is 0 Å². The van der Waals surface area contributed by atoms with Crippen molar-refractivity contribution < 1.29 is 4.79 Å². The maximum absolute atomic E-state index is 12.1. The lowest BCUT2D eigenvalue weighted by atomic mass is 10.1. The largest absolute Gasteiger partial charge is 0.337 e. The van der Waals surface area contributed by atoms with Crippen molar-refractivity contribution in [1.29, 1.82) is 0 Å². The van der Waals surface area contributed by atoms with Crippen molar-refractivity contribution >= 4 is 5.91 Å². The summed E-state index contributed by atoms with van der Waals surface area (Å²) < 4.78 is 0. The van der Waals surface area contributed by atoms with Crippen molar-refractivity contribution in [1.82, 2.24) is 9.80 Å². The van der Waals surface area contributed by atoms with Gasteiger partial charge in [-0.3, -0.25) is 9.69 Å². The number of nitrogens with zero attached hydrogens (tertiary/aromatic N) is 2. The van der Waals surface area contributed by atoms with Crippen LogP contribution >= 0.6 is 0 Å². The fraction of sp³-hybridized carbons (Fsp3) is 0.929. The highest BCUT2D eigenvalue weighted by molar-refractivity contribution is 5.77. The summed E-state index contributed by atoms with van der Waals surface area (Å²) in [6.07, 6.45) is 3.34. The zero-order chi connectivity index (χ0) is 12.4. The molecule has 0 aromatic carbocycles. The molecular weight excluding hydrogens is 212 g/mol. The van der Waals surface area contributed by atoms with E-state index in [0.717, 1.165) is 38.5 Å². The van der Waals surface area contributed by atoms with Gasteiger partial charge in [-0.15, -0.1) is 0 Å². The second-order valence-corrected chi connectivity index (χ2v) is 6.24. The summed E-state index contributed by atoms with van der Waals surface area (Å²) in [5.41, 5.74) is 0. The third kappa shape index (κ3) is 3.70. The molecule has 0 N–H and O–H groups in total. The molecule has 3 heteroatoms. The van der Waals surface area contributed by atoms with Gasteiger partial charge in [-0.1, -0.05) is 13.8 Å². The lowest BCUT2D eigenvalue weighted by Crippen LogP contribution is -2.54. The van der Waals surface area contributed by atoms with Crippen molar-refractivity contribution in [3.63, 3.8) is 0 Å². The van der Waals surface area contributed by atoms with E-state index in [1.807, 2.05) is 0 Å². The van der Waals surface area contributed by atoms with Gasteiger partial charge in [0, 0.05) is 38.6 Å². The Bertz CT molecular complexity index is 273. The molecule has 3 nitrogen and oxygen atoms in total. The van der Waals surface area contributed by atoms with Crippen LogP contribution in [-0.4, -0.2) is 47.9 Å². The normalized spacial score (nSPS) is 26.6. The standard InChI is InChI=1S/C14H26N2O/c1-11(2)9-15-6-7-16(12(3)10-15)14(17)8-13-4-5-13/h11-13H,4-10H2,1-3H3/t12-/m1/s1. The van der Waals surface area contributed by atoms with E-state index < -0.39 is 0 Å². The van der Waals surface area contributed by atoms with E-state index in [1.165, 1.54) is 12.8 Å². The maximum Gasteiger partial charge on any atom is 0.223 e. The first kappa shape index (κ1) is 12.9. The van der Waals surface area contributed by atoms with Gasteiger partial charge in [0.2, 0.25) is 5.91 Å². The highest BCUT2D eigenvalue weighted by Crippen LogP contribution is 2.33. The van der Waals surface area contributed by atoms with Gasteiger partial charge in [0.05, 0.1) is 0 Å². The third-order valence-electron chi connectivity index (χ3n) is 3.82. The van der Waals surface area contributed by atoms with Gasteiger partial charge in [0.25, 0.3) is 0 Å². The van der Waals surface area contributed by atoms with Crippen LogP contribution in [-0.2, 0) is 4.79 Å². The fourth-order valence-corrected chi connectivity index (χ4v) is 2.77. The molecule has 2 rings (SSSR count). The van der Waals surface area contributed by atoms with Crippen LogP contribution in [0.15, 0.2) is 0 Å².